The van der Waals surface area contributed by atoms with Crippen LogP contribution in [0.25, 0.3) is 0 Å². The van der Waals surface area contributed by atoms with Crippen LogP contribution < -0.4 is 0 Å². The summed E-state index contributed by atoms with van der Waals surface area (Å²) in [5.41, 5.74) is 0.827. The second kappa shape index (κ2) is 8.93. The standard InChI is InChI=1S/C17H38O4Si3/c1-12-15(5)24(16(6)13-2,19-17(18)14(3)4)21-23(10,11)20-22(7,8)9/h15-16H,3,12-13H2,1-2,4-11H3. The summed E-state index contributed by atoms with van der Waals surface area (Å²) in [6.07, 6.45) is 1.83. The molecule has 0 aliphatic carbocycles. The number of hydrogen-bond donors (Lipinski definition) is 0. The van der Waals surface area contributed by atoms with Crippen molar-refractivity contribution in [3.8, 4) is 0 Å². The Kier molecular flexibility index (Phi) is 8.85. The third kappa shape index (κ3) is 6.95. The molecule has 4 nitrogen and oxygen atoms in total. The molecule has 142 valence electrons. The van der Waals surface area contributed by atoms with E-state index in [1.54, 1.807) is 6.92 Å². The predicted molar refractivity (Wildman–Crippen MR) is 109 cm³/mol. The highest BCUT2D eigenvalue weighted by Gasteiger charge is 2.54. The lowest BCUT2D eigenvalue weighted by Crippen LogP contribution is -2.59. The summed E-state index contributed by atoms with van der Waals surface area (Å²) in [5, 5.41) is 0. The Morgan fingerprint density at radius 2 is 1.38 bits per heavy atom. The van der Waals surface area contributed by atoms with Crippen molar-refractivity contribution in [2.24, 2.45) is 0 Å². The summed E-state index contributed by atoms with van der Waals surface area (Å²) in [6, 6.07) is 0. The third-order valence-electron chi connectivity index (χ3n) is 4.16. The highest BCUT2D eigenvalue weighted by atomic mass is 28.5. The van der Waals surface area contributed by atoms with E-state index in [0.717, 1.165) is 12.8 Å². The van der Waals surface area contributed by atoms with E-state index in [-0.39, 0.29) is 17.1 Å². The van der Waals surface area contributed by atoms with Gasteiger partial charge < -0.3 is 12.7 Å². The summed E-state index contributed by atoms with van der Waals surface area (Å²) in [4.78, 5) is 12.4. The summed E-state index contributed by atoms with van der Waals surface area (Å²) < 4.78 is 19.2. The van der Waals surface area contributed by atoms with Crippen molar-refractivity contribution in [3.05, 3.63) is 12.2 Å². The first kappa shape index (κ1) is 23.8. The summed E-state index contributed by atoms with van der Waals surface area (Å²) in [7, 11) is -6.98. The fraction of sp³-hybridized carbons (Fsp3) is 0.824. The van der Waals surface area contributed by atoms with Crippen molar-refractivity contribution in [2.75, 3.05) is 0 Å². The molecule has 0 aliphatic heterocycles. The number of carbonyl (C=O) groups excluding carboxylic acids is 1. The van der Waals surface area contributed by atoms with Gasteiger partial charge in [-0.05, 0) is 39.7 Å². The molecular formula is C17H38O4Si3. The van der Waals surface area contributed by atoms with E-state index in [9.17, 15) is 4.79 Å². The summed E-state index contributed by atoms with van der Waals surface area (Å²) >= 11 is 0. The fourth-order valence-electron chi connectivity index (χ4n) is 2.85. The van der Waals surface area contributed by atoms with Gasteiger partial charge in [0.05, 0.1) is 0 Å². The minimum Gasteiger partial charge on any atom is -0.491 e. The first-order valence-electron chi connectivity index (χ1n) is 9.00. The van der Waals surface area contributed by atoms with E-state index in [2.05, 4.69) is 67.0 Å². The van der Waals surface area contributed by atoms with E-state index in [0.29, 0.717) is 5.57 Å². The van der Waals surface area contributed by atoms with Crippen molar-refractivity contribution in [3.63, 3.8) is 0 Å². The zero-order chi connectivity index (χ0) is 19.3. The van der Waals surface area contributed by atoms with Gasteiger partial charge in [-0.15, -0.1) is 0 Å². The molecule has 0 aliphatic rings. The average Bonchev–Trinajstić information content (AvgIpc) is 2.41. The normalized spacial score (nSPS) is 17.8. The van der Waals surface area contributed by atoms with Gasteiger partial charge in [0.2, 0.25) is 0 Å². The first-order valence-corrected chi connectivity index (χ1v) is 17.2. The highest BCUT2D eigenvalue weighted by molar-refractivity contribution is 6.87. The zero-order valence-corrected chi connectivity index (χ0v) is 20.4. The molecular weight excluding hydrogens is 352 g/mol. The fourth-order valence-corrected chi connectivity index (χ4v) is 17.1. The summed E-state index contributed by atoms with van der Waals surface area (Å²) in [6.45, 7) is 24.6. The van der Waals surface area contributed by atoms with Gasteiger partial charge in [0.15, 0.2) is 8.32 Å². The molecule has 7 heteroatoms. The van der Waals surface area contributed by atoms with Crippen molar-refractivity contribution >= 4 is 31.4 Å². The Balaban J connectivity index is 5.89. The monoisotopic (exact) mass is 390 g/mol. The molecule has 0 aromatic carbocycles. The van der Waals surface area contributed by atoms with Gasteiger partial charge in [0.25, 0.3) is 0 Å². The average molecular weight is 391 g/mol. The van der Waals surface area contributed by atoms with Crippen LogP contribution >= 0.6 is 0 Å². The molecule has 0 heterocycles. The maximum atomic E-state index is 12.4. The molecule has 0 spiro atoms. The van der Waals surface area contributed by atoms with Gasteiger partial charge in [-0.3, -0.25) is 0 Å². The molecule has 0 bridgehead atoms. The SMILES string of the molecule is C=C(C)C(=O)O[Si](O[Si](C)(C)O[Si](C)(C)C)(C(C)CC)C(C)CC. The van der Waals surface area contributed by atoms with Crippen LogP contribution in [0.15, 0.2) is 12.2 Å². The summed E-state index contributed by atoms with van der Waals surface area (Å²) in [5.74, 6) is -0.333. The van der Waals surface area contributed by atoms with Crippen LogP contribution in [0.3, 0.4) is 0 Å². The maximum Gasteiger partial charge on any atom is 0.398 e. The van der Waals surface area contributed by atoms with Crippen LogP contribution in [0.2, 0.25) is 43.8 Å². The van der Waals surface area contributed by atoms with Gasteiger partial charge in [-0.2, -0.15) is 0 Å². The molecule has 0 saturated heterocycles. The van der Waals surface area contributed by atoms with Crippen LogP contribution in [0.4, 0.5) is 0 Å². The first-order chi connectivity index (χ1) is 10.7. The Morgan fingerprint density at radius 3 is 1.67 bits per heavy atom. The quantitative estimate of drug-likeness (QED) is 0.353. The molecule has 0 aromatic rings. The minimum atomic E-state index is -2.81. The molecule has 24 heavy (non-hydrogen) atoms. The number of carbonyl (C=O) groups is 1. The molecule has 0 fully saturated rings. The van der Waals surface area contributed by atoms with Crippen LogP contribution in [-0.2, 0) is 17.5 Å². The van der Waals surface area contributed by atoms with Crippen LogP contribution in [-0.4, -0.2) is 31.4 Å². The minimum absolute atomic E-state index is 0.202. The smallest absolute Gasteiger partial charge is 0.398 e. The highest BCUT2D eigenvalue weighted by Crippen LogP contribution is 2.41. The van der Waals surface area contributed by atoms with Crippen LogP contribution in [0.1, 0.15) is 47.5 Å². The van der Waals surface area contributed by atoms with Crippen molar-refractivity contribution < 1.29 is 17.5 Å². The molecule has 0 radical (unpaired) electrons. The second-order valence-corrected chi connectivity index (χ2v) is 20.5. The van der Waals surface area contributed by atoms with E-state index in [4.69, 9.17) is 12.7 Å². The van der Waals surface area contributed by atoms with Gasteiger partial charge in [0.1, 0.15) is 0 Å². The Morgan fingerprint density at radius 1 is 0.958 bits per heavy atom. The van der Waals surface area contributed by atoms with E-state index < -0.39 is 25.4 Å². The lowest BCUT2D eigenvalue weighted by Gasteiger charge is -2.44. The molecule has 0 rings (SSSR count). The van der Waals surface area contributed by atoms with Crippen LogP contribution in [0, 0.1) is 0 Å². The molecule has 0 N–H and O–H groups in total. The lowest BCUT2D eigenvalue weighted by molar-refractivity contribution is -0.132. The molecule has 2 unspecified atom stereocenters. The number of rotatable bonds is 10. The molecule has 2 atom stereocenters. The van der Waals surface area contributed by atoms with Crippen molar-refractivity contribution in [1.82, 2.24) is 0 Å². The van der Waals surface area contributed by atoms with E-state index >= 15 is 0 Å². The van der Waals surface area contributed by atoms with Gasteiger partial charge >= 0.3 is 23.1 Å². The second-order valence-electron chi connectivity index (χ2n) is 8.23. The van der Waals surface area contributed by atoms with Crippen molar-refractivity contribution in [1.29, 1.82) is 0 Å². The van der Waals surface area contributed by atoms with Crippen LogP contribution in [0.5, 0.6) is 0 Å². The molecule has 0 aromatic heterocycles. The third-order valence-corrected chi connectivity index (χ3v) is 15.9. The van der Waals surface area contributed by atoms with E-state index in [1.165, 1.54) is 0 Å². The zero-order valence-electron chi connectivity index (χ0n) is 17.4. The van der Waals surface area contributed by atoms with Gasteiger partial charge in [-0.25, -0.2) is 4.79 Å². The Labute approximate surface area is 152 Å². The van der Waals surface area contributed by atoms with Gasteiger partial charge in [-0.1, -0.05) is 47.1 Å². The molecule has 0 saturated carbocycles. The Bertz CT molecular complexity index is 434. The predicted octanol–water partition coefficient (Wildman–Crippen LogP) is 5.72. The number of hydrogen-bond acceptors (Lipinski definition) is 4. The van der Waals surface area contributed by atoms with E-state index in [1.807, 2.05) is 0 Å². The maximum absolute atomic E-state index is 12.4. The Hall–Kier alpha value is -0.219. The lowest BCUT2D eigenvalue weighted by atomic mass is 10.3. The molecule has 0 amide bonds. The van der Waals surface area contributed by atoms with Gasteiger partial charge in [0, 0.05) is 16.7 Å². The largest absolute Gasteiger partial charge is 0.491 e. The topological polar surface area (TPSA) is 44.8 Å². The van der Waals surface area contributed by atoms with Crippen molar-refractivity contribution in [2.45, 2.75) is 91.3 Å².